The molecule has 7 nitrogen and oxygen atoms in total. The Kier molecular flexibility index (Phi) is 5.46. The van der Waals surface area contributed by atoms with Crippen LogP contribution in [-0.2, 0) is 10.0 Å². The van der Waals surface area contributed by atoms with Gasteiger partial charge in [-0.15, -0.1) is 0 Å². The van der Waals surface area contributed by atoms with Gasteiger partial charge in [0.05, 0.1) is 16.7 Å². The van der Waals surface area contributed by atoms with Crippen molar-refractivity contribution in [2.45, 2.75) is 4.90 Å². The largest absolute Gasteiger partial charge is 0.450 e. The fourth-order valence-corrected chi connectivity index (χ4v) is 3.77. The molecule has 0 saturated carbocycles. The molecule has 3 rings (SSSR count). The van der Waals surface area contributed by atoms with Crippen LogP contribution in [0.1, 0.15) is 0 Å². The third-order valence-electron chi connectivity index (χ3n) is 4.02. The van der Waals surface area contributed by atoms with Crippen LogP contribution in [0.5, 0.6) is 11.5 Å². The van der Waals surface area contributed by atoms with Crippen LogP contribution in [0.15, 0.2) is 71.6 Å². The summed E-state index contributed by atoms with van der Waals surface area (Å²) < 4.78 is 58.7. The third kappa shape index (κ3) is 4.16. The molecule has 0 radical (unpaired) electrons. The van der Waals surface area contributed by atoms with Crippen LogP contribution < -0.4 is 9.04 Å². The van der Waals surface area contributed by atoms with Gasteiger partial charge in [-0.1, -0.05) is 12.1 Å². The van der Waals surface area contributed by atoms with Crippen LogP contribution >= 0.6 is 0 Å². The van der Waals surface area contributed by atoms with E-state index in [-0.39, 0.29) is 17.2 Å². The quantitative estimate of drug-likeness (QED) is 0.433. The third-order valence-corrected chi connectivity index (χ3v) is 5.84. The van der Waals surface area contributed by atoms with Gasteiger partial charge in [-0.05, 0) is 48.5 Å². The van der Waals surface area contributed by atoms with E-state index in [9.17, 15) is 27.3 Å². The summed E-state index contributed by atoms with van der Waals surface area (Å²) in [6.45, 7) is 0. The molecule has 3 aromatic carbocycles. The topological polar surface area (TPSA) is 89.8 Å². The summed E-state index contributed by atoms with van der Waals surface area (Å²) in [7, 11) is -2.86. The molecule has 0 atom stereocenters. The average molecular weight is 420 g/mol. The Balaban J connectivity index is 1.86. The van der Waals surface area contributed by atoms with E-state index < -0.39 is 37.2 Å². The number of hydrogen-bond donors (Lipinski definition) is 0. The van der Waals surface area contributed by atoms with Crippen molar-refractivity contribution in [3.63, 3.8) is 0 Å². The van der Waals surface area contributed by atoms with E-state index in [1.165, 1.54) is 43.4 Å². The van der Waals surface area contributed by atoms with Gasteiger partial charge in [0.2, 0.25) is 5.75 Å². The molecule has 0 aromatic heterocycles. The molecule has 0 aliphatic carbocycles. The van der Waals surface area contributed by atoms with E-state index in [0.29, 0.717) is 0 Å². The minimum Gasteiger partial charge on any atom is -0.450 e. The summed E-state index contributed by atoms with van der Waals surface area (Å²) in [6.07, 6.45) is 0. The van der Waals surface area contributed by atoms with Crippen molar-refractivity contribution in [3.05, 3.63) is 88.5 Å². The van der Waals surface area contributed by atoms with Crippen molar-refractivity contribution in [3.8, 4) is 11.5 Å². The predicted molar refractivity (Wildman–Crippen MR) is 102 cm³/mol. The van der Waals surface area contributed by atoms with Crippen LogP contribution in [0.2, 0.25) is 0 Å². The van der Waals surface area contributed by atoms with E-state index in [4.69, 9.17) is 4.74 Å². The Morgan fingerprint density at radius 2 is 1.66 bits per heavy atom. The van der Waals surface area contributed by atoms with E-state index in [2.05, 4.69) is 0 Å². The summed E-state index contributed by atoms with van der Waals surface area (Å²) in [5.74, 6) is -1.65. The monoisotopic (exact) mass is 420 g/mol. The maximum absolute atomic E-state index is 13.9. The summed E-state index contributed by atoms with van der Waals surface area (Å²) >= 11 is 0. The number of nitrogens with zero attached hydrogens (tertiary/aromatic N) is 2. The first-order chi connectivity index (χ1) is 13.7. The molecule has 0 saturated heterocycles. The van der Waals surface area contributed by atoms with Crippen molar-refractivity contribution in [2.24, 2.45) is 0 Å². The summed E-state index contributed by atoms with van der Waals surface area (Å²) in [6, 6.07) is 13.4. The standard InChI is InChI=1S/C19H14F2N2O5S/c1-22(29(26,27)19-5-3-2-4-16(19)21)14-7-9-15(10-8-14)28-18-11-6-13(20)12-17(18)23(24)25/h2-12H,1H3. The maximum atomic E-state index is 13.9. The second kappa shape index (κ2) is 7.84. The predicted octanol–water partition coefficient (Wildman–Crippen LogP) is 4.49. The van der Waals surface area contributed by atoms with Gasteiger partial charge in [-0.2, -0.15) is 0 Å². The maximum Gasteiger partial charge on any atom is 0.314 e. The van der Waals surface area contributed by atoms with Gasteiger partial charge in [0.1, 0.15) is 22.3 Å². The molecular formula is C19H14F2N2O5S. The normalized spacial score (nSPS) is 11.1. The summed E-state index contributed by atoms with van der Waals surface area (Å²) in [5.41, 5.74) is -0.331. The molecule has 0 bridgehead atoms. The molecule has 0 N–H and O–H groups in total. The highest BCUT2D eigenvalue weighted by Crippen LogP contribution is 2.33. The Morgan fingerprint density at radius 1 is 1.00 bits per heavy atom. The molecule has 0 amide bonds. The van der Waals surface area contributed by atoms with Gasteiger partial charge >= 0.3 is 5.69 Å². The second-order valence-electron chi connectivity index (χ2n) is 5.87. The van der Waals surface area contributed by atoms with E-state index >= 15 is 0 Å². The molecular weight excluding hydrogens is 406 g/mol. The molecule has 0 unspecified atom stereocenters. The number of benzene rings is 3. The lowest BCUT2D eigenvalue weighted by Crippen LogP contribution is -2.27. The molecule has 150 valence electrons. The van der Waals surface area contributed by atoms with Crippen LogP contribution in [0, 0.1) is 21.7 Å². The number of anilines is 1. The number of nitro groups is 1. The highest BCUT2D eigenvalue weighted by molar-refractivity contribution is 7.92. The Labute approximate surface area is 165 Å². The van der Waals surface area contributed by atoms with Crippen molar-refractivity contribution in [1.29, 1.82) is 0 Å². The number of sulfonamides is 1. The summed E-state index contributed by atoms with van der Waals surface area (Å²) in [4.78, 5) is 9.79. The van der Waals surface area contributed by atoms with Gasteiger partial charge < -0.3 is 4.74 Å². The smallest absolute Gasteiger partial charge is 0.314 e. The van der Waals surface area contributed by atoms with Gasteiger partial charge in [-0.25, -0.2) is 17.2 Å². The Morgan fingerprint density at radius 3 is 2.28 bits per heavy atom. The molecule has 0 spiro atoms. The molecule has 0 fully saturated rings. The highest BCUT2D eigenvalue weighted by Gasteiger charge is 2.24. The first kappa shape index (κ1) is 20.2. The fraction of sp³-hybridized carbons (Fsp3) is 0.0526. The second-order valence-corrected chi connectivity index (χ2v) is 7.81. The number of ether oxygens (including phenoxy) is 1. The van der Waals surface area contributed by atoms with E-state index in [1.54, 1.807) is 0 Å². The molecule has 29 heavy (non-hydrogen) atoms. The van der Waals surface area contributed by atoms with Crippen LogP contribution in [-0.4, -0.2) is 20.4 Å². The lowest BCUT2D eigenvalue weighted by atomic mass is 10.2. The zero-order valence-electron chi connectivity index (χ0n) is 15.0. The SMILES string of the molecule is CN(c1ccc(Oc2ccc(F)cc2[N+](=O)[O-])cc1)S(=O)(=O)c1ccccc1F. The zero-order chi connectivity index (χ0) is 21.2. The number of rotatable bonds is 6. The molecule has 3 aromatic rings. The minimum atomic E-state index is -4.13. The number of halogens is 2. The van der Waals surface area contributed by atoms with Crippen molar-refractivity contribution in [1.82, 2.24) is 0 Å². The van der Waals surface area contributed by atoms with E-state index in [1.807, 2.05) is 0 Å². The van der Waals surface area contributed by atoms with Crippen molar-refractivity contribution in [2.75, 3.05) is 11.4 Å². The lowest BCUT2D eigenvalue weighted by molar-refractivity contribution is -0.385. The Hall–Kier alpha value is -3.53. The Bertz CT molecular complexity index is 1170. The average Bonchev–Trinajstić information content (AvgIpc) is 2.69. The van der Waals surface area contributed by atoms with Gasteiger partial charge in [0, 0.05) is 7.05 Å². The van der Waals surface area contributed by atoms with Crippen molar-refractivity contribution < 1.29 is 26.9 Å². The summed E-state index contributed by atoms with van der Waals surface area (Å²) in [5, 5.41) is 11.0. The first-order valence-electron chi connectivity index (χ1n) is 8.15. The fourth-order valence-electron chi connectivity index (χ4n) is 2.51. The molecule has 10 heteroatoms. The van der Waals surface area contributed by atoms with Crippen LogP contribution in [0.3, 0.4) is 0 Å². The number of nitro benzene ring substituents is 1. The van der Waals surface area contributed by atoms with E-state index in [0.717, 1.165) is 34.6 Å². The van der Waals surface area contributed by atoms with Gasteiger partial charge in [0.15, 0.2) is 0 Å². The highest BCUT2D eigenvalue weighted by atomic mass is 32.2. The number of hydrogen-bond acceptors (Lipinski definition) is 5. The van der Waals surface area contributed by atoms with Gasteiger partial charge in [-0.3, -0.25) is 14.4 Å². The van der Waals surface area contributed by atoms with Crippen LogP contribution in [0.25, 0.3) is 0 Å². The molecule has 0 heterocycles. The molecule has 0 aliphatic heterocycles. The van der Waals surface area contributed by atoms with Crippen LogP contribution in [0.4, 0.5) is 20.2 Å². The molecule has 0 aliphatic rings. The van der Waals surface area contributed by atoms with Crippen molar-refractivity contribution >= 4 is 21.4 Å². The zero-order valence-corrected chi connectivity index (χ0v) is 15.8. The lowest BCUT2D eigenvalue weighted by Gasteiger charge is -2.20. The first-order valence-corrected chi connectivity index (χ1v) is 9.59. The van der Waals surface area contributed by atoms with Gasteiger partial charge in [0.25, 0.3) is 10.0 Å². The minimum absolute atomic E-state index is 0.167.